The van der Waals surface area contributed by atoms with Gasteiger partial charge in [-0.3, -0.25) is 4.79 Å². The molecule has 7 nitrogen and oxygen atoms in total. The van der Waals surface area contributed by atoms with Gasteiger partial charge < -0.3 is 20.4 Å². The Kier molecular flexibility index (Phi) is 9.94. The Morgan fingerprint density at radius 3 is 2.47 bits per heavy atom. The average Bonchev–Trinajstić information content (AvgIpc) is 2.75. The molecule has 0 saturated carbocycles. The van der Waals surface area contributed by atoms with Gasteiger partial charge in [-0.05, 0) is 36.6 Å². The van der Waals surface area contributed by atoms with Crippen LogP contribution < -0.4 is 15.5 Å². The van der Waals surface area contributed by atoms with Gasteiger partial charge in [0.15, 0.2) is 5.96 Å². The second-order valence-corrected chi connectivity index (χ2v) is 7.54. The van der Waals surface area contributed by atoms with Crippen molar-refractivity contribution in [2.45, 2.75) is 12.8 Å². The summed E-state index contributed by atoms with van der Waals surface area (Å²) >= 11 is 5.83. The number of para-hydroxylation sites is 1. The van der Waals surface area contributed by atoms with E-state index in [-0.39, 0.29) is 12.5 Å². The van der Waals surface area contributed by atoms with Crippen LogP contribution in [0.2, 0.25) is 5.15 Å². The van der Waals surface area contributed by atoms with Crippen LogP contribution in [0.4, 0.5) is 5.69 Å². The van der Waals surface area contributed by atoms with Crippen molar-refractivity contribution >= 4 is 29.2 Å². The smallest absolute Gasteiger partial charge is 0.243 e. The molecular weight excluding hydrogens is 400 g/mol. The Balaban J connectivity index is 1.81. The molecule has 1 amide bonds. The van der Waals surface area contributed by atoms with Crippen molar-refractivity contribution in [2.24, 2.45) is 4.99 Å². The SMILES string of the molecule is CN(C)C(=O)CN=C(NCCCN(C)c1ccccc1)NCCc1ccc(Cl)nc1. The van der Waals surface area contributed by atoms with Gasteiger partial charge in [-0.15, -0.1) is 0 Å². The van der Waals surface area contributed by atoms with Gasteiger partial charge in [0.25, 0.3) is 0 Å². The summed E-state index contributed by atoms with van der Waals surface area (Å²) in [7, 11) is 5.54. The van der Waals surface area contributed by atoms with Crippen LogP contribution in [-0.2, 0) is 11.2 Å². The number of carbonyl (C=O) groups is 1. The summed E-state index contributed by atoms with van der Waals surface area (Å²) in [5.74, 6) is 0.594. The number of anilines is 1. The highest BCUT2D eigenvalue weighted by atomic mass is 35.5. The van der Waals surface area contributed by atoms with Gasteiger partial charge in [0, 0.05) is 52.7 Å². The third-order valence-corrected chi connectivity index (χ3v) is 4.75. The van der Waals surface area contributed by atoms with Gasteiger partial charge >= 0.3 is 0 Å². The number of nitrogens with one attached hydrogen (secondary N) is 2. The fourth-order valence-electron chi connectivity index (χ4n) is 2.68. The van der Waals surface area contributed by atoms with Gasteiger partial charge in [0.2, 0.25) is 5.91 Å². The number of hydrogen-bond donors (Lipinski definition) is 2. The lowest BCUT2D eigenvalue weighted by Crippen LogP contribution is -2.40. The number of carbonyl (C=O) groups excluding carboxylic acids is 1. The number of likely N-dealkylation sites (N-methyl/N-ethyl adjacent to an activating group) is 1. The van der Waals surface area contributed by atoms with E-state index in [9.17, 15) is 4.79 Å². The maximum Gasteiger partial charge on any atom is 0.243 e. The molecule has 0 atom stereocenters. The normalized spacial score (nSPS) is 11.1. The summed E-state index contributed by atoms with van der Waals surface area (Å²) in [6.07, 6.45) is 3.49. The van der Waals surface area contributed by atoms with Crippen molar-refractivity contribution in [1.82, 2.24) is 20.5 Å². The van der Waals surface area contributed by atoms with E-state index in [0.717, 1.165) is 31.5 Å². The number of rotatable bonds is 10. The van der Waals surface area contributed by atoms with Crippen molar-refractivity contribution in [2.75, 3.05) is 52.2 Å². The summed E-state index contributed by atoms with van der Waals surface area (Å²) in [6.45, 7) is 2.45. The lowest BCUT2D eigenvalue weighted by molar-refractivity contribution is -0.127. The number of benzene rings is 1. The van der Waals surface area contributed by atoms with Crippen molar-refractivity contribution in [1.29, 1.82) is 0 Å². The molecule has 0 unspecified atom stereocenters. The topological polar surface area (TPSA) is 72.9 Å². The molecule has 1 heterocycles. The van der Waals surface area contributed by atoms with Crippen LogP contribution in [0.25, 0.3) is 0 Å². The van der Waals surface area contributed by atoms with Crippen LogP contribution in [0.15, 0.2) is 53.7 Å². The number of pyridine rings is 1. The second kappa shape index (κ2) is 12.7. The summed E-state index contributed by atoms with van der Waals surface area (Å²) < 4.78 is 0. The minimum Gasteiger partial charge on any atom is -0.375 e. The Morgan fingerprint density at radius 1 is 1.07 bits per heavy atom. The molecule has 8 heteroatoms. The Morgan fingerprint density at radius 2 is 1.80 bits per heavy atom. The van der Waals surface area contributed by atoms with Crippen LogP contribution in [0, 0.1) is 0 Å². The summed E-state index contributed by atoms with van der Waals surface area (Å²) in [4.78, 5) is 24.2. The number of aromatic nitrogens is 1. The number of guanidine groups is 1. The zero-order chi connectivity index (χ0) is 21.8. The molecule has 162 valence electrons. The van der Waals surface area contributed by atoms with E-state index in [1.54, 1.807) is 26.4 Å². The van der Waals surface area contributed by atoms with Crippen molar-refractivity contribution in [3.05, 3.63) is 59.4 Å². The van der Waals surface area contributed by atoms with Gasteiger partial charge in [-0.25, -0.2) is 9.98 Å². The van der Waals surface area contributed by atoms with E-state index < -0.39 is 0 Å². The fraction of sp³-hybridized carbons (Fsp3) is 0.409. The number of nitrogens with zero attached hydrogens (tertiary/aromatic N) is 4. The molecule has 2 N–H and O–H groups in total. The Hall–Kier alpha value is -2.80. The predicted octanol–water partition coefficient (Wildman–Crippen LogP) is 2.43. The maximum atomic E-state index is 11.9. The number of amides is 1. The lowest BCUT2D eigenvalue weighted by atomic mass is 10.2. The maximum absolute atomic E-state index is 11.9. The van der Waals surface area contributed by atoms with Crippen LogP contribution in [0.1, 0.15) is 12.0 Å². The fourth-order valence-corrected chi connectivity index (χ4v) is 2.79. The van der Waals surface area contributed by atoms with Crippen LogP contribution in [0.3, 0.4) is 0 Å². The average molecular weight is 431 g/mol. The first-order valence-electron chi connectivity index (χ1n) is 10.0. The second-order valence-electron chi connectivity index (χ2n) is 7.16. The minimum atomic E-state index is -0.0400. The molecule has 2 aromatic rings. The van der Waals surface area contributed by atoms with E-state index in [2.05, 4.69) is 44.7 Å². The van der Waals surface area contributed by atoms with E-state index in [0.29, 0.717) is 17.7 Å². The first-order chi connectivity index (χ1) is 14.5. The van der Waals surface area contributed by atoms with Crippen molar-refractivity contribution in [3.8, 4) is 0 Å². The molecule has 0 aliphatic carbocycles. The molecule has 0 aliphatic rings. The molecule has 2 rings (SSSR count). The van der Waals surface area contributed by atoms with Gasteiger partial charge in [0.05, 0.1) is 0 Å². The highest BCUT2D eigenvalue weighted by molar-refractivity contribution is 6.29. The van der Waals surface area contributed by atoms with Crippen LogP contribution in [-0.4, -0.2) is 69.1 Å². The Bertz CT molecular complexity index is 795. The van der Waals surface area contributed by atoms with Crippen molar-refractivity contribution < 1.29 is 4.79 Å². The third-order valence-electron chi connectivity index (χ3n) is 4.53. The standard InChI is InChI=1S/C22H31ClN6O/c1-28(2)21(30)17-27-22(25-14-12-18-10-11-20(23)26-16-18)24-13-7-15-29(3)19-8-5-4-6-9-19/h4-6,8-11,16H,7,12-15,17H2,1-3H3,(H2,24,25,27). The zero-order valence-corrected chi connectivity index (χ0v) is 18.7. The first kappa shape index (κ1) is 23.5. The van der Waals surface area contributed by atoms with Gasteiger partial charge in [-0.2, -0.15) is 0 Å². The van der Waals surface area contributed by atoms with Crippen LogP contribution in [0.5, 0.6) is 0 Å². The van der Waals surface area contributed by atoms with E-state index in [1.807, 2.05) is 24.3 Å². The molecule has 0 saturated heterocycles. The summed E-state index contributed by atoms with van der Waals surface area (Å²) in [6, 6.07) is 14.0. The van der Waals surface area contributed by atoms with Gasteiger partial charge in [-0.1, -0.05) is 35.9 Å². The molecule has 0 fully saturated rings. The number of aliphatic imine (C=N–C) groups is 1. The summed E-state index contributed by atoms with van der Waals surface area (Å²) in [5.41, 5.74) is 2.28. The zero-order valence-electron chi connectivity index (χ0n) is 17.9. The van der Waals surface area contributed by atoms with E-state index >= 15 is 0 Å². The molecule has 0 radical (unpaired) electrons. The molecule has 0 bridgehead atoms. The number of hydrogen-bond acceptors (Lipinski definition) is 4. The summed E-state index contributed by atoms with van der Waals surface area (Å²) in [5, 5.41) is 7.10. The first-order valence-corrected chi connectivity index (χ1v) is 10.4. The molecule has 1 aromatic heterocycles. The lowest BCUT2D eigenvalue weighted by Gasteiger charge is -2.20. The highest BCUT2D eigenvalue weighted by Crippen LogP contribution is 2.10. The monoisotopic (exact) mass is 430 g/mol. The van der Waals surface area contributed by atoms with E-state index in [4.69, 9.17) is 11.6 Å². The predicted molar refractivity (Wildman–Crippen MR) is 124 cm³/mol. The highest BCUT2D eigenvalue weighted by Gasteiger charge is 2.05. The molecule has 0 spiro atoms. The van der Waals surface area contributed by atoms with Crippen molar-refractivity contribution in [3.63, 3.8) is 0 Å². The van der Waals surface area contributed by atoms with Crippen LogP contribution >= 0.6 is 11.6 Å². The quantitative estimate of drug-likeness (QED) is 0.262. The van der Waals surface area contributed by atoms with Gasteiger partial charge in [0.1, 0.15) is 11.7 Å². The molecule has 0 aliphatic heterocycles. The number of halogens is 1. The third kappa shape index (κ3) is 8.69. The Labute approximate surface area is 184 Å². The molecule has 1 aromatic carbocycles. The molecule has 30 heavy (non-hydrogen) atoms. The largest absolute Gasteiger partial charge is 0.375 e. The van der Waals surface area contributed by atoms with E-state index in [1.165, 1.54) is 10.6 Å². The minimum absolute atomic E-state index is 0.0400. The molecular formula is C22H31ClN6O.